The van der Waals surface area contributed by atoms with Gasteiger partial charge in [0.2, 0.25) is 0 Å². The summed E-state index contributed by atoms with van der Waals surface area (Å²) in [6, 6.07) is 0. The van der Waals surface area contributed by atoms with Crippen molar-refractivity contribution in [2.45, 2.75) is 46.6 Å². The van der Waals surface area contributed by atoms with E-state index in [9.17, 15) is 0 Å². The molecule has 0 saturated carbocycles. The SMILES string of the molecule is CCCC(CC)Cn1cc(C)cn1. The van der Waals surface area contributed by atoms with Crippen molar-refractivity contribution in [1.29, 1.82) is 0 Å². The van der Waals surface area contributed by atoms with Gasteiger partial charge in [-0.05, 0) is 24.8 Å². The maximum Gasteiger partial charge on any atom is 0.0518 e. The van der Waals surface area contributed by atoms with Crippen LogP contribution in [-0.4, -0.2) is 9.78 Å². The molecule has 0 aromatic carbocycles. The summed E-state index contributed by atoms with van der Waals surface area (Å²) < 4.78 is 2.07. The fourth-order valence-corrected chi connectivity index (χ4v) is 1.66. The minimum atomic E-state index is 0.796. The summed E-state index contributed by atoms with van der Waals surface area (Å²) >= 11 is 0. The van der Waals surface area contributed by atoms with Crippen molar-refractivity contribution in [3.63, 3.8) is 0 Å². The Kier molecular flexibility index (Phi) is 4.00. The second-order valence-electron chi connectivity index (χ2n) is 3.80. The number of aryl methyl sites for hydroxylation is 1. The fraction of sp³-hybridized carbons (Fsp3) is 0.727. The van der Waals surface area contributed by atoms with Gasteiger partial charge in [-0.25, -0.2) is 0 Å². The van der Waals surface area contributed by atoms with Gasteiger partial charge in [0.1, 0.15) is 0 Å². The Balaban J connectivity index is 2.46. The van der Waals surface area contributed by atoms with Gasteiger partial charge in [-0.3, -0.25) is 4.68 Å². The van der Waals surface area contributed by atoms with Gasteiger partial charge in [0.05, 0.1) is 6.20 Å². The van der Waals surface area contributed by atoms with Gasteiger partial charge in [0.25, 0.3) is 0 Å². The van der Waals surface area contributed by atoms with Gasteiger partial charge in [-0.1, -0.05) is 26.7 Å². The molecule has 74 valence electrons. The normalized spacial score (nSPS) is 13.2. The summed E-state index contributed by atoms with van der Waals surface area (Å²) in [7, 11) is 0. The Bertz CT molecular complexity index is 240. The minimum absolute atomic E-state index is 0.796. The summed E-state index contributed by atoms with van der Waals surface area (Å²) in [5.74, 6) is 0.796. The van der Waals surface area contributed by atoms with Gasteiger partial charge in [0, 0.05) is 12.7 Å². The van der Waals surface area contributed by atoms with E-state index in [0.717, 1.165) is 12.5 Å². The van der Waals surface area contributed by atoms with Crippen LogP contribution < -0.4 is 0 Å². The van der Waals surface area contributed by atoms with Gasteiger partial charge in [-0.2, -0.15) is 5.10 Å². The molecule has 2 heteroatoms. The molecule has 0 N–H and O–H groups in total. The highest BCUT2D eigenvalue weighted by atomic mass is 15.3. The second-order valence-corrected chi connectivity index (χ2v) is 3.80. The lowest BCUT2D eigenvalue weighted by molar-refractivity contribution is 0.379. The molecule has 1 rings (SSSR count). The lowest BCUT2D eigenvalue weighted by Crippen LogP contribution is -2.10. The third kappa shape index (κ3) is 3.21. The average Bonchev–Trinajstić information content (AvgIpc) is 2.50. The smallest absolute Gasteiger partial charge is 0.0518 e. The largest absolute Gasteiger partial charge is 0.272 e. The number of nitrogens with zero attached hydrogens (tertiary/aromatic N) is 2. The first-order valence-corrected chi connectivity index (χ1v) is 5.25. The minimum Gasteiger partial charge on any atom is -0.272 e. The lowest BCUT2D eigenvalue weighted by Gasteiger charge is -2.13. The van der Waals surface area contributed by atoms with Crippen LogP contribution in [0.1, 0.15) is 38.7 Å². The summed E-state index contributed by atoms with van der Waals surface area (Å²) in [5, 5.41) is 4.30. The molecule has 0 aliphatic heterocycles. The van der Waals surface area contributed by atoms with Crippen LogP contribution in [0.5, 0.6) is 0 Å². The van der Waals surface area contributed by atoms with E-state index < -0.39 is 0 Å². The van der Waals surface area contributed by atoms with E-state index in [1.807, 2.05) is 6.20 Å². The predicted octanol–water partition coefficient (Wildman–Crippen LogP) is 3.02. The maximum absolute atomic E-state index is 4.30. The number of rotatable bonds is 5. The Morgan fingerprint density at radius 1 is 1.46 bits per heavy atom. The summed E-state index contributed by atoms with van der Waals surface area (Å²) in [6.45, 7) is 7.68. The van der Waals surface area contributed by atoms with E-state index in [1.165, 1.54) is 24.8 Å². The van der Waals surface area contributed by atoms with Gasteiger partial charge >= 0.3 is 0 Å². The van der Waals surface area contributed by atoms with Crippen LogP contribution in [0.15, 0.2) is 12.4 Å². The summed E-state index contributed by atoms with van der Waals surface area (Å²) in [4.78, 5) is 0. The zero-order chi connectivity index (χ0) is 9.68. The zero-order valence-corrected chi connectivity index (χ0v) is 8.95. The van der Waals surface area contributed by atoms with Gasteiger partial charge < -0.3 is 0 Å². The van der Waals surface area contributed by atoms with Crippen LogP contribution in [0.4, 0.5) is 0 Å². The van der Waals surface area contributed by atoms with E-state index in [4.69, 9.17) is 0 Å². The maximum atomic E-state index is 4.30. The molecule has 0 saturated heterocycles. The van der Waals surface area contributed by atoms with E-state index in [-0.39, 0.29) is 0 Å². The quantitative estimate of drug-likeness (QED) is 0.681. The average molecular weight is 180 g/mol. The molecule has 1 unspecified atom stereocenters. The Labute approximate surface area is 81.0 Å². The Morgan fingerprint density at radius 3 is 2.69 bits per heavy atom. The predicted molar refractivity (Wildman–Crippen MR) is 55.7 cm³/mol. The standard InChI is InChI=1S/C11H20N2/c1-4-6-11(5-2)9-13-8-10(3)7-12-13/h7-8,11H,4-6,9H2,1-3H3. The number of hydrogen-bond acceptors (Lipinski definition) is 1. The fourth-order valence-electron chi connectivity index (χ4n) is 1.66. The van der Waals surface area contributed by atoms with E-state index in [2.05, 4.69) is 36.7 Å². The monoisotopic (exact) mass is 180 g/mol. The van der Waals surface area contributed by atoms with Gasteiger partial charge in [-0.15, -0.1) is 0 Å². The first-order valence-electron chi connectivity index (χ1n) is 5.25. The molecule has 1 heterocycles. The van der Waals surface area contributed by atoms with Crippen molar-refractivity contribution in [1.82, 2.24) is 9.78 Å². The van der Waals surface area contributed by atoms with Crippen LogP contribution in [0.2, 0.25) is 0 Å². The third-order valence-corrected chi connectivity index (χ3v) is 2.48. The first kappa shape index (κ1) is 10.3. The molecule has 1 aromatic heterocycles. The molecule has 1 atom stereocenters. The molecule has 0 fully saturated rings. The van der Waals surface area contributed by atoms with Crippen molar-refractivity contribution < 1.29 is 0 Å². The van der Waals surface area contributed by atoms with Crippen LogP contribution in [0.25, 0.3) is 0 Å². The number of aromatic nitrogens is 2. The Morgan fingerprint density at radius 2 is 2.23 bits per heavy atom. The zero-order valence-electron chi connectivity index (χ0n) is 8.95. The molecule has 13 heavy (non-hydrogen) atoms. The second kappa shape index (κ2) is 5.05. The molecular weight excluding hydrogens is 160 g/mol. The molecular formula is C11H20N2. The molecule has 0 spiro atoms. The molecule has 0 amide bonds. The number of hydrogen-bond donors (Lipinski definition) is 0. The van der Waals surface area contributed by atoms with Gasteiger partial charge in [0.15, 0.2) is 0 Å². The summed E-state index contributed by atoms with van der Waals surface area (Å²) in [5.41, 5.74) is 1.26. The first-order chi connectivity index (χ1) is 6.26. The molecule has 2 nitrogen and oxygen atoms in total. The summed E-state index contributed by atoms with van der Waals surface area (Å²) in [6.07, 6.45) is 7.90. The highest BCUT2D eigenvalue weighted by Crippen LogP contribution is 2.13. The Hall–Kier alpha value is -0.790. The molecule has 0 aliphatic carbocycles. The molecule has 0 aliphatic rings. The van der Waals surface area contributed by atoms with E-state index in [1.54, 1.807) is 0 Å². The van der Waals surface area contributed by atoms with E-state index >= 15 is 0 Å². The van der Waals surface area contributed by atoms with Crippen molar-refractivity contribution >= 4 is 0 Å². The van der Waals surface area contributed by atoms with Crippen molar-refractivity contribution in [3.8, 4) is 0 Å². The highest BCUT2D eigenvalue weighted by Gasteiger charge is 2.06. The topological polar surface area (TPSA) is 17.8 Å². The lowest BCUT2D eigenvalue weighted by atomic mass is 10.0. The third-order valence-electron chi connectivity index (χ3n) is 2.48. The van der Waals surface area contributed by atoms with Crippen molar-refractivity contribution in [2.75, 3.05) is 0 Å². The van der Waals surface area contributed by atoms with Crippen molar-refractivity contribution in [2.24, 2.45) is 5.92 Å². The van der Waals surface area contributed by atoms with Crippen LogP contribution in [0, 0.1) is 12.8 Å². The van der Waals surface area contributed by atoms with Crippen LogP contribution in [0.3, 0.4) is 0 Å². The van der Waals surface area contributed by atoms with Crippen LogP contribution in [-0.2, 0) is 6.54 Å². The van der Waals surface area contributed by atoms with Crippen molar-refractivity contribution in [3.05, 3.63) is 18.0 Å². The molecule has 0 bridgehead atoms. The van der Waals surface area contributed by atoms with E-state index in [0.29, 0.717) is 0 Å². The van der Waals surface area contributed by atoms with Crippen LogP contribution >= 0.6 is 0 Å². The molecule has 0 radical (unpaired) electrons. The molecule has 1 aromatic rings. The highest BCUT2D eigenvalue weighted by molar-refractivity contribution is 4.99.